The van der Waals surface area contributed by atoms with Gasteiger partial charge in [0.15, 0.2) is 9.84 Å². The molecule has 2 heterocycles. The van der Waals surface area contributed by atoms with Gasteiger partial charge >= 0.3 is 7.12 Å². The minimum atomic E-state index is -3.42. The Morgan fingerprint density at radius 2 is 2.03 bits per heavy atom. The SMILES string of the molecule is CC/C(=C\c1ccc(O)cc1Cl)CC[C@H]1OB(O)C[C@H]2C1=C(COc1ccccc1)CS2(=O)=O. The van der Waals surface area contributed by atoms with Crippen molar-refractivity contribution in [1.82, 2.24) is 0 Å². The van der Waals surface area contributed by atoms with Crippen LogP contribution in [-0.4, -0.2) is 49.4 Å². The summed E-state index contributed by atoms with van der Waals surface area (Å²) in [6.07, 6.45) is 3.47. The van der Waals surface area contributed by atoms with Gasteiger partial charge < -0.3 is 19.5 Å². The molecule has 34 heavy (non-hydrogen) atoms. The topological polar surface area (TPSA) is 93.1 Å². The van der Waals surface area contributed by atoms with Gasteiger partial charge in [-0.2, -0.15) is 0 Å². The molecule has 0 unspecified atom stereocenters. The molecule has 2 aliphatic rings. The molecule has 1 saturated heterocycles. The van der Waals surface area contributed by atoms with Gasteiger partial charge in [-0.05, 0) is 66.3 Å². The number of para-hydroxylation sites is 1. The van der Waals surface area contributed by atoms with E-state index in [2.05, 4.69) is 0 Å². The molecule has 0 aromatic heterocycles. The molecular formula is C25H28BClO6S. The normalized spacial score (nSPS) is 22.1. The van der Waals surface area contributed by atoms with Gasteiger partial charge in [0.1, 0.15) is 18.1 Å². The van der Waals surface area contributed by atoms with E-state index in [1.807, 2.05) is 43.3 Å². The molecule has 0 saturated carbocycles. The molecule has 9 heteroatoms. The van der Waals surface area contributed by atoms with Crippen molar-refractivity contribution in [2.75, 3.05) is 12.4 Å². The summed E-state index contributed by atoms with van der Waals surface area (Å²) in [7, 11) is -4.54. The van der Waals surface area contributed by atoms with Crippen LogP contribution in [0.2, 0.25) is 11.3 Å². The van der Waals surface area contributed by atoms with Crippen LogP contribution < -0.4 is 4.74 Å². The van der Waals surface area contributed by atoms with Crippen molar-refractivity contribution >= 4 is 34.6 Å². The summed E-state index contributed by atoms with van der Waals surface area (Å²) in [6.45, 7) is 2.21. The van der Waals surface area contributed by atoms with E-state index in [0.29, 0.717) is 23.6 Å². The van der Waals surface area contributed by atoms with Gasteiger partial charge in [-0.1, -0.05) is 48.4 Å². The molecule has 2 aromatic rings. The lowest BCUT2D eigenvalue weighted by Gasteiger charge is -2.32. The Kier molecular flexibility index (Phi) is 7.72. The molecule has 2 atom stereocenters. The number of phenolic OH excluding ortho intramolecular Hbond substituents is 1. The number of hydrogen-bond donors (Lipinski definition) is 2. The average molecular weight is 503 g/mol. The molecule has 0 bridgehead atoms. The predicted molar refractivity (Wildman–Crippen MR) is 135 cm³/mol. The summed E-state index contributed by atoms with van der Waals surface area (Å²) >= 11 is 6.26. The Hall–Kier alpha value is -2.26. The first kappa shape index (κ1) is 24.9. The molecule has 2 N–H and O–H groups in total. The van der Waals surface area contributed by atoms with Crippen LogP contribution >= 0.6 is 11.6 Å². The van der Waals surface area contributed by atoms with E-state index >= 15 is 0 Å². The van der Waals surface area contributed by atoms with Gasteiger partial charge in [0.2, 0.25) is 0 Å². The van der Waals surface area contributed by atoms with Crippen molar-refractivity contribution in [3.8, 4) is 11.5 Å². The van der Waals surface area contributed by atoms with Gasteiger partial charge in [0.25, 0.3) is 0 Å². The van der Waals surface area contributed by atoms with Gasteiger partial charge in [-0.15, -0.1) is 0 Å². The number of phenols is 1. The van der Waals surface area contributed by atoms with Crippen LogP contribution in [-0.2, 0) is 14.5 Å². The standard InChI is InChI=1S/C25H28BClO6S/c1-2-17(12-18-9-10-20(28)13-22(18)27)8-11-23-25-19(15-32-21-6-4-3-5-7-21)16-34(30,31)24(25)14-26(29)33-23/h3-7,9-10,12-13,23-24,28-29H,2,8,11,14-16H2,1H3/b17-12+/t23-,24+/m1/s1. The Bertz CT molecular complexity index is 1200. The number of benzene rings is 2. The number of fused-ring (bicyclic) bond motifs is 1. The summed E-state index contributed by atoms with van der Waals surface area (Å²) in [5.41, 5.74) is 3.36. The van der Waals surface area contributed by atoms with Crippen LogP contribution in [0.15, 0.2) is 65.3 Å². The van der Waals surface area contributed by atoms with Crippen LogP contribution in [0.1, 0.15) is 31.7 Å². The second kappa shape index (κ2) is 10.6. The van der Waals surface area contributed by atoms with Gasteiger partial charge in [0, 0.05) is 6.32 Å². The molecule has 2 aromatic carbocycles. The average Bonchev–Trinajstić information content (AvgIpc) is 3.07. The third kappa shape index (κ3) is 5.69. The zero-order valence-electron chi connectivity index (χ0n) is 19.0. The van der Waals surface area contributed by atoms with Gasteiger partial charge in [-0.3, -0.25) is 0 Å². The van der Waals surface area contributed by atoms with E-state index in [9.17, 15) is 18.5 Å². The zero-order valence-corrected chi connectivity index (χ0v) is 20.6. The fraction of sp³-hybridized carbons (Fsp3) is 0.360. The number of ether oxygens (including phenoxy) is 1. The summed E-state index contributed by atoms with van der Waals surface area (Å²) in [6, 6.07) is 14.1. The zero-order chi connectivity index (χ0) is 24.3. The van der Waals surface area contributed by atoms with Crippen molar-refractivity contribution in [1.29, 1.82) is 0 Å². The van der Waals surface area contributed by atoms with E-state index in [1.54, 1.807) is 12.1 Å². The first-order valence-corrected chi connectivity index (χ1v) is 13.5. The third-order valence-electron chi connectivity index (χ3n) is 6.33. The number of halogens is 1. The molecule has 6 nitrogen and oxygen atoms in total. The summed E-state index contributed by atoms with van der Waals surface area (Å²) in [5, 5.41) is 19.6. The summed E-state index contributed by atoms with van der Waals surface area (Å²) in [4.78, 5) is 0. The van der Waals surface area contributed by atoms with Crippen LogP contribution in [0.3, 0.4) is 0 Å². The largest absolute Gasteiger partial charge is 0.508 e. The van der Waals surface area contributed by atoms with Crippen LogP contribution in [0.5, 0.6) is 11.5 Å². The molecule has 0 amide bonds. The fourth-order valence-electron chi connectivity index (χ4n) is 4.61. The lowest BCUT2D eigenvalue weighted by molar-refractivity contribution is 0.168. The Morgan fingerprint density at radius 1 is 1.26 bits per heavy atom. The second-order valence-corrected chi connectivity index (χ2v) is 11.3. The maximum Gasteiger partial charge on any atom is 0.456 e. The molecule has 4 rings (SSSR count). The third-order valence-corrected chi connectivity index (χ3v) is 8.72. The van der Waals surface area contributed by atoms with Crippen molar-refractivity contribution in [3.05, 3.63) is 75.8 Å². The quantitative estimate of drug-likeness (QED) is 0.402. The van der Waals surface area contributed by atoms with E-state index in [0.717, 1.165) is 28.7 Å². The predicted octanol–water partition coefficient (Wildman–Crippen LogP) is 4.67. The Labute approximate surface area is 205 Å². The highest BCUT2D eigenvalue weighted by Gasteiger charge is 2.48. The Balaban J connectivity index is 1.55. The first-order chi connectivity index (χ1) is 16.3. The van der Waals surface area contributed by atoms with E-state index in [1.165, 1.54) is 6.07 Å². The molecule has 0 spiro atoms. The van der Waals surface area contributed by atoms with Crippen molar-refractivity contribution in [2.24, 2.45) is 0 Å². The van der Waals surface area contributed by atoms with Crippen molar-refractivity contribution in [2.45, 2.75) is 43.9 Å². The molecule has 0 aliphatic carbocycles. The Morgan fingerprint density at radius 3 is 2.74 bits per heavy atom. The van der Waals surface area contributed by atoms with E-state index in [4.69, 9.17) is 21.0 Å². The second-order valence-electron chi connectivity index (χ2n) is 8.67. The molecule has 2 aliphatic heterocycles. The highest BCUT2D eigenvalue weighted by Crippen LogP contribution is 2.40. The number of hydrogen-bond acceptors (Lipinski definition) is 6. The van der Waals surface area contributed by atoms with E-state index < -0.39 is 28.3 Å². The maximum absolute atomic E-state index is 12.9. The van der Waals surface area contributed by atoms with Gasteiger partial charge in [0.05, 0.1) is 22.1 Å². The highest BCUT2D eigenvalue weighted by molar-refractivity contribution is 7.92. The first-order valence-electron chi connectivity index (χ1n) is 11.4. The fourth-order valence-corrected chi connectivity index (χ4v) is 6.94. The smallest absolute Gasteiger partial charge is 0.456 e. The minimum Gasteiger partial charge on any atom is -0.508 e. The number of aromatic hydroxyl groups is 1. The number of rotatable bonds is 8. The highest BCUT2D eigenvalue weighted by atomic mass is 35.5. The van der Waals surface area contributed by atoms with Crippen LogP contribution in [0.25, 0.3) is 6.08 Å². The number of allylic oxidation sites excluding steroid dienone is 1. The number of sulfone groups is 1. The lowest BCUT2D eigenvalue weighted by atomic mass is 9.74. The molecular weight excluding hydrogens is 475 g/mol. The summed E-state index contributed by atoms with van der Waals surface area (Å²) in [5.74, 6) is 0.702. The van der Waals surface area contributed by atoms with Gasteiger partial charge in [-0.25, -0.2) is 8.42 Å². The maximum atomic E-state index is 12.9. The summed E-state index contributed by atoms with van der Waals surface area (Å²) < 4.78 is 37.5. The van der Waals surface area contributed by atoms with Crippen LogP contribution in [0.4, 0.5) is 0 Å². The molecule has 0 radical (unpaired) electrons. The van der Waals surface area contributed by atoms with Crippen molar-refractivity contribution < 1.29 is 27.9 Å². The van der Waals surface area contributed by atoms with Crippen molar-refractivity contribution in [3.63, 3.8) is 0 Å². The van der Waals surface area contributed by atoms with E-state index in [-0.39, 0.29) is 24.4 Å². The lowest BCUT2D eigenvalue weighted by Crippen LogP contribution is -2.42. The monoisotopic (exact) mass is 502 g/mol. The molecule has 180 valence electrons. The van der Waals surface area contributed by atoms with Crippen LogP contribution in [0, 0.1) is 0 Å². The minimum absolute atomic E-state index is 0.0442. The molecule has 1 fully saturated rings.